The number of hydrogen-bond acceptors (Lipinski definition) is 1. The molecule has 0 atom stereocenters. The van der Waals surface area contributed by atoms with Crippen LogP contribution in [0.4, 0.5) is 0 Å². The van der Waals surface area contributed by atoms with Gasteiger partial charge in [-0.1, -0.05) is 26.8 Å². The SMILES string of the molecule is CCC(C)(C)c1ccc2c(c1)nc(C1CC1)n2C. The molecule has 2 heteroatoms. The van der Waals surface area contributed by atoms with Gasteiger partial charge in [-0.25, -0.2) is 4.98 Å². The van der Waals surface area contributed by atoms with Crippen molar-refractivity contribution in [2.45, 2.75) is 51.4 Å². The molecular formula is C16H22N2. The van der Waals surface area contributed by atoms with E-state index in [1.165, 1.54) is 35.3 Å². The first-order chi connectivity index (χ1) is 8.53. The van der Waals surface area contributed by atoms with Gasteiger partial charge in [0, 0.05) is 13.0 Å². The van der Waals surface area contributed by atoms with E-state index in [9.17, 15) is 0 Å². The van der Waals surface area contributed by atoms with Crippen LogP contribution in [0.25, 0.3) is 11.0 Å². The number of benzene rings is 1. The molecule has 1 aromatic carbocycles. The molecule has 1 aliphatic carbocycles. The first-order valence-electron chi connectivity index (χ1n) is 7.00. The Kier molecular flexibility index (Phi) is 2.51. The van der Waals surface area contributed by atoms with Gasteiger partial charge in [0.15, 0.2) is 0 Å². The van der Waals surface area contributed by atoms with Crippen molar-refractivity contribution >= 4 is 11.0 Å². The van der Waals surface area contributed by atoms with E-state index in [2.05, 4.69) is 50.6 Å². The van der Waals surface area contributed by atoms with Gasteiger partial charge < -0.3 is 4.57 Å². The minimum absolute atomic E-state index is 0.242. The van der Waals surface area contributed by atoms with Gasteiger partial charge in [-0.05, 0) is 42.4 Å². The second-order valence-corrected chi connectivity index (χ2v) is 6.24. The van der Waals surface area contributed by atoms with E-state index in [4.69, 9.17) is 4.98 Å². The molecule has 0 bridgehead atoms. The lowest BCUT2D eigenvalue weighted by atomic mass is 9.82. The van der Waals surface area contributed by atoms with Gasteiger partial charge in [-0.2, -0.15) is 0 Å². The molecule has 2 aromatic rings. The monoisotopic (exact) mass is 242 g/mol. The highest BCUT2D eigenvalue weighted by molar-refractivity contribution is 5.77. The van der Waals surface area contributed by atoms with E-state index in [0.29, 0.717) is 5.92 Å². The van der Waals surface area contributed by atoms with Crippen molar-refractivity contribution in [3.63, 3.8) is 0 Å². The lowest BCUT2D eigenvalue weighted by molar-refractivity contribution is 0.507. The number of fused-ring (bicyclic) bond motifs is 1. The van der Waals surface area contributed by atoms with Crippen LogP contribution < -0.4 is 0 Å². The van der Waals surface area contributed by atoms with Gasteiger partial charge in [-0.3, -0.25) is 0 Å². The zero-order valence-electron chi connectivity index (χ0n) is 11.8. The van der Waals surface area contributed by atoms with Crippen LogP contribution in [-0.4, -0.2) is 9.55 Å². The van der Waals surface area contributed by atoms with E-state index >= 15 is 0 Å². The third-order valence-corrected chi connectivity index (χ3v) is 4.52. The molecule has 0 aliphatic heterocycles. The molecule has 0 radical (unpaired) electrons. The minimum atomic E-state index is 0.242. The maximum absolute atomic E-state index is 4.85. The van der Waals surface area contributed by atoms with E-state index in [-0.39, 0.29) is 5.41 Å². The number of hydrogen-bond donors (Lipinski definition) is 0. The average Bonchev–Trinajstić information content (AvgIpc) is 3.15. The smallest absolute Gasteiger partial charge is 0.112 e. The molecule has 0 N–H and O–H groups in total. The minimum Gasteiger partial charge on any atom is -0.331 e. The van der Waals surface area contributed by atoms with E-state index in [0.717, 1.165) is 6.42 Å². The maximum atomic E-state index is 4.85. The summed E-state index contributed by atoms with van der Waals surface area (Å²) in [7, 11) is 2.15. The first kappa shape index (κ1) is 11.8. The van der Waals surface area contributed by atoms with Crippen molar-refractivity contribution in [1.82, 2.24) is 9.55 Å². The van der Waals surface area contributed by atoms with Gasteiger partial charge in [-0.15, -0.1) is 0 Å². The Labute approximate surface area is 109 Å². The van der Waals surface area contributed by atoms with Gasteiger partial charge in [0.25, 0.3) is 0 Å². The third-order valence-electron chi connectivity index (χ3n) is 4.52. The molecule has 1 heterocycles. The number of nitrogens with zero attached hydrogens (tertiary/aromatic N) is 2. The largest absolute Gasteiger partial charge is 0.331 e. The van der Waals surface area contributed by atoms with Crippen LogP contribution in [0.3, 0.4) is 0 Å². The molecule has 1 aliphatic rings. The second kappa shape index (κ2) is 3.84. The van der Waals surface area contributed by atoms with E-state index in [1.54, 1.807) is 0 Å². The Morgan fingerprint density at radius 1 is 1.33 bits per heavy atom. The molecule has 0 amide bonds. The topological polar surface area (TPSA) is 17.8 Å². The maximum Gasteiger partial charge on any atom is 0.112 e. The number of imidazole rings is 1. The van der Waals surface area contributed by atoms with Gasteiger partial charge >= 0.3 is 0 Å². The highest BCUT2D eigenvalue weighted by Gasteiger charge is 2.29. The highest BCUT2D eigenvalue weighted by Crippen LogP contribution is 2.40. The van der Waals surface area contributed by atoms with Crippen molar-refractivity contribution < 1.29 is 0 Å². The summed E-state index contributed by atoms with van der Waals surface area (Å²) in [5.74, 6) is 1.99. The molecule has 0 spiro atoms. The van der Waals surface area contributed by atoms with Gasteiger partial charge in [0.2, 0.25) is 0 Å². The Hall–Kier alpha value is -1.31. The fourth-order valence-corrected chi connectivity index (χ4v) is 2.55. The molecule has 0 unspecified atom stereocenters. The number of rotatable bonds is 3. The van der Waals surface area contributed by atoms with Crippen LogP contribution in [0.5, 0.6) is 0 Å². The standard InChI is InChI=1S/C16H22N2/c1-5-16(2,3)12-8-9-14-13(10-12)17-15(18(14)4)11-6-7-11/h8-11H,5-7H2,1-4H3. The molecule has 1 fully saturated rings. The molecule has 2 nitrogen and oxygen atoms in total. The second-order valence-electron chi connectivity index (χ2n) is 6.24. The fourth-order valence-electron chi connectivity index (χ4n) is 2.55. The Bertz CT molecular complexity index is 588. The van der Waals surface area contributed by atoms with Crippen molar-refractivity contribution in [2.75, 3.05) is 0 Å². The molecule has 3 rings (SSSR count). The Morgan fingerprint density at radius 3 is 2.67 bits per heavy atom. The highest BCUT2D eigenvalue weighted by atomic mass is 15.1. The van der Waals surface area contributed by atoms with Crippen LogP contribution in [-0.2, 0) is 12.5 Å². The van der Waals surface area contributed by atoms with Crippen molar-refractivity contribution in [2.24, 2.45) is 7.05 Å². The van der Waals surface area contributed by atoms with Crippen LogP contribution in [0, 0.1) is 0 Å². The average molecular weight is 242 g/mol. The van der Waals surface area contributed by atoms with Crippen LogP contribution in [0.1, 0.15) is 57.3 Å². The van der Waals surface area contributed by atoms with Crippen molar-refractivity contribution in [1.29, 1.82) is 0 Å². The lowest BCUT2D eigenvalue weighted by Crippen LogP contribution is -2.15. The summed E-state index contributed by atoms with van der Waals surface area (Å²) in [5, 5.41) is 0. The zero-order valence-corrected chi connectivity index (χ0v) is 11.8. The van der Waals surface area contributed by atoms with Crippen LogP contribution >= 0.6 is 0 Å². The molecule has 18 heavy (non-hydrogen) atoms. The van der Waals surface area contributed by atoms with E-state index < -0.39 is 0 Å². The third kappa shape index (κ3) is 1.75. The number of aryl methyl sites for hydroxylation is 1. The summed E-state index contributed by atoms with van der Waals surface area (Å²) < 4.78 is 2.27. The van der Waals surface area contributed by atoms with Crippen molar-refractivity contribution in [3.8, 4) is 0 Å². The summed E-state index contributed by atoms with van der Waals surface area (Å²) in [4.78, 5) is 4.85. The zero-order chi connectivity index (χ0) is 12.9. The van der Waals surface area contributed by atoms with Crippen LogP contribution in [0.2, 0.25) is 0 Å². The van der Waals surface area contributed by atoms with E-state index in [1.807, 2.05) is 0 Å². The predicted octanol–water partition coefficient (Wildman–Crippen LogP) is 4.14. The summed E-state index contributed by atoms with van der Waals surface area (Å²) in [5.41, 5.74) is 4.08. The van der Waals surface area contributed by atoms with Crippen LogP contribution in [0.15, 0.2) is 18.2 Å². The summed E-state index contributed by atoms with van der Waals surface area (Å²) in [6, 6.07) is 6.79. The summed E-state index contributed by atoms with van der Waals surface area (Å²) in [6.07, 6.45) is 3.77. The normalized spacial score (nSPS) is 16.4. The molecule has 1 saturated carbocycles. The Balaban J connectivity index is 2.12. The van der Waals surface area contributed by atoms with Gasteiger partial charge in [0.1, 0.15) is 5.82 Å². The lowest BCUT2D eigenvalue weighted by Gasteiger charge is -2.23. The molecular weight excluding hydrogens is 220 g/mol. The summed E-state index contributed by atoms with van der Waals surface area (Å²) >= 11 is 0. The number of aromatic nitrogens is 2. The Morgan fingerprint density at radius 2 is 2.06 bits per heavy atom. The quantitative estimate of drug-likeness (QED) is 0.791. The first-order valence-corrected chi connectivity index (χ1v) is 7.00. The van der Waals surface area contributed by atoms with Gasteiger partial charge in [0.05, 0.1) is 11.0 Å². The summed E-state index contributed by atoms with van der Waals surface area (Å²) in [6.45, 7) is 6.86. The predicted molar refractivity (Wildman–Crippen MR) is 76.0 cm³/mol. The molecule has 1 aromatic heterocycles. The fraction of sp³-hybridized carbons (Fsp3) is 0.562. The molecule has 0 saturated heterocycles. The molecule has 96 valence electrons. The van der Waals surface area contributed by atoms with Crippen molar-refractivity contribution in [3.05, 3.63) is 29.6 Å².